The summed E-state index contributed by atoms with van der Waals surface area (Å²) in [5.74, 6) is -0.556. The summed E-state index contributed by atoms with van der Waals surface area (Å²) in [5, 5.41) is 9.25. The molecule has 1 aromatic heterocycles. The fourth-order valence-electron chi connectivity index (χ4n) is 3.28. The summed E-state index contributed by atoms with van der Waals surface area (Å²) in [6, 6.07) is 7.99. The van der Waals surface area contributed by atoms with E-state index in [1.807, 2.05) is 25.1 Å². The number of carbonyl (C=O) groups excluding carboxylic acids is 1. The molecule has 6 nitrogen and oxygen atoms in total. The molecule has 1 fully saturated rings. The predicted molar refractivity (Wildman–Crippen MR) is 92.4 cm³/mol. The number of esters is 1. The van der Waals surface area contributed by atoms with Crippen molar-refractivity contribution >= 4 is 17.3 Å². The zero-order valence-electron chi connectivity index (χ0n) is 13.9. The molecule has 1 aromatic carbocycles. The van der Waals surface area contributed by atoms with Gasteiger partial charge in [0.1, 0.15) is 6.07 Å². The molecule has 0 atom stereocenters. The van der Waals surface area contributed by atoms with Crippen LogP contribution in [0.1, 0.15) is 34.5 Å². The molecule has 0 bridgehead atoms. The second-order valence-corrected chi connectivity index (χ2v) is 5.89. The lowest BCUT2D eigenvalue weighted by Crippen LogP contribution is -2.19. The number of hydrogen-bond donors (Lipinski definition) is 1. The van der Waals surface area contributed by atoms with Crippen LogP contribution in [-0.4, -0.2) is 30.7 Å². The van der Waals surface area contributed by atoms with Gasteiger partial charge in [0.25, 0.3) is 0 Å². The lowest BCUT2D eigenvalue weighted by Gasteiger charge is -2.22. The molecule has 0 aliphatic carbocycles. The largest absolute Gasteiger partial charge is 0.464 e. The molecule has 0 saturated carbocycles. The maximum absolute atomic E-state index is 12.2. The van der Waals surface area contributed by atoms with Gasteiger partial charge in [0.2, 0.25) is 0 Å². The van der Waals surface area contributed by atoms with Gasteiger partial charge in [0, 0.05) is 25.0 Å². The molecule has 24 heavy (non-hydrogen) atoms. The van der Waals surface area contributed by atoms with Gasteiger partial charge in [-0.3, -0.25) is 0 Å². The van der Waals surface area contributed by atoms with Crippen LogP contribution in [0.4, 0.5) is 11.4 Å². The van der Waals surface area contributed by atoms with Crippen molar-refractivity contribution in [2.24, 2.45) is 0 Å². The molecule has 1 saturated heterocycles. The zero-order valence-corrected chi connectivity index (χ0v) is 13.9. The minimum atomic E-state index is -0.556. The Balaban J connectivity index is 2.18. The topological polar surface area (TPSA) is 84.3 Å². The van der Waals surface area contributed by atoms with E-state index in [1.54, 1.807) is 10.8 Å². The third-order valence-electron chi connectivity index (χ3n) is 4.53. The van der Waals surface area contributed by atoms with Gasteiger partial charge >= 0.3 is 5.97 Å². The van der Waals surface area contributed by atoms with E-state index in [-0.39, 0.29) is 16.9 Å². The molecule has 124 valence electrons. The Kier molecular flexibility index (Phi) is 4.17. The molecule has 1 aliphatic rings. The summed E-state index contributed by atoms with van der Waals surface area (Å²) in [7, 11) is 1.30. The number of aromatic nitrogens is 1. The maximum atomic E-state index is 12.2. The van der Waals surface area contributed by atoms with Gasteiger partial charge in [-0.1, -0.05) is 6.07 Å². The Hall–Kier alpha value is -2.94. The van der Waals surface area contributed by atoms with Crippen LogP contribution in [0.15, 0.2) is 24.4 Å². The average molecular weight is 324 g/mol. The highest BCUT2D eigenvalue weighted by molar-refractivity contribution is 5.96. The van der Waals surface area contributed by atoms with Gasteiger partial charge in [0.05, 0.1) is 24.0 Å². The van der Waals surface area contributed by atoms with Crippen molar-refractivity contribution in [3.05, 3.63) is 41.2 Å². The standard InChI is InChI=1S/C18H20N4O2/c1-12-14(21-8-3-4-9-21)6-5-7-15(12)22-11-13(10-19)16(20)17(22)18(23)24-2/h5-7,11H,3-4,8-9,20H2,1-2H3. The highest BCUT2D eigenvalue weighted by Crippen LogP contribution is 2.32. The number of carbonyl (C=O) groups is 1. The average Bonchev–Trinajstić information content (AvgIpc) is 3.22. The summed E-state index contributed by atoms with van der Waals surface area (Å²) < 4.78 is 6.51. The number of benzene rings is 1. The first-order chi connectivity index (χ1) is 11.6. The predicted octanol–water partition coefficient (Wildman–Crippen LogP) is 2.63. The highest BCUT2D eigenvalue weighted by Gasteiger charge is 2.24. The number of nitrogen functional groups attached to an aromatic ring is 1. The van der Waals surface area contributed by atoms with E-state index in [0.717, 1.165) is 30.0 Å². The van der Waals surface area contributed by atoms with Gasteiger partial charge in [-0.25, -0.2) is 4.79 Å². The zero-order chi connectivity index (χ0) is 17.3. The van der Waals surface area contributed by atoms with Crippen LogP contribution in [0.5, 0.6) is 0 Å². The van der Waals surface area contributed by atoms with Gasteiger partial charge in [0.15, 0.2) is 5.69 Å². The number of hydrogen-bond acceptors (Lipinski definition) is 5. The Morgan fingerprint density at radius 2 is 1.96 bits per heavy atom. The summed E-state index contributed by atoms with van der Waals surface area (Å²) in [5.41, 5.74) is 9.61. The molecule has 0 amide bonds. The smallest absolute Gasteiger partial charge is 0.357 e. The number of nitrogens with two attached hydrogens (primary N) is 1. The van der Waals surface area contributed by atoms with Crippen molar-refractivity contribution in [3.63, 3.8) is 0 Å². The van der Waals surface area contributed by atoms with Gasteiger partial charge < -0.3 is 19.9 Å². The Labute approximate surface area is 141 Å². The summed E-state index contributed by atoms with van der Waals surface area (Å²) in [6.45, 7) is 4.09. The molecule has 3 rings (SSSR count). The number of ether oxygens (including phenoxy) is 1. The molecular weight excluding hydrogens is 304 g/mol. The lowest BCUT2D eigenvalue weighted by atomic mass is 10.1. The molecular formula is C18H20N4O2. The number of nitrogens with zero attached hydrogens (tertiary/aromatic N) is 3. The highest BCUT2D eigenvalue weighted by atomic mass is 16.5. The van der Waals surface area contributed by atoms with E-state index in [4.69, 9.17) is 10.5 Å². The van der Waals surface area contributed by atoms with Gasteiger partial charge in [-0.05, 0) is 37.5 Å². The molecule has 2 N–H and O–H groups in total. The molecule has 0 radical (unpaired) electrons. The lowest BCUT2D eigenvalue weighted by molar-refractivity contribution is 0.0593. The quantitative estimate of drug-likeness (QED) is 0.877. The van der Waals surface area contributed by atoms with Crippen LogP contribution in [-0.2, 0) is 4.74 Å². The molecule has 2 aromatic rings. The van der Waals surface area contributed by atoms with Crippen LogP contribution < -0.4 is 10.6 Å². The summed E-state index contributed by atoms with van der Waals surface area (Å²) in [4.78, 5) is 14.5. The minimum absolute atomic E-state index is 0.148. The second-order valence-electron chi connectivity index (χ2n) is 5.89. The maximum Gasteiger partial charge on any atom is 0.357 e. The number of anilines is 2. The molecule has 0 spiro atoms. The first-order valence-corrected chi connectivity index (χ1v) is 7.92. The first-order valence-electron chi connectivity index (χ1n) is 7.92. The van der Waals surface area contributed by atoms with Crippen molar-refractivity contribution < 1.29 is 9.53 Å². The van der Waals surface area contributed by atoms with Gasteiger partial charge in [-0.2, -0.15) is 5.26 Å². The number of nitriles is 1. The third-order valence-corrected chi connectivity index (χ3v) is 4.53. The van der Waals surface area contributed by atoms with Crippen molar-refractivity contribution in [2.75, 3.05) is 30.8 Å². The van der Waals surface area contributed by atoms with E-state index >= 15 is 0 Å². The van der Waals surface area contributed by atoms with E-state index < -0.39 is 5.97 Å². The van der Waals surface area contributed by atoms with Crippen LogP contribution in [0, 0.1) is 18.3 Å². The van der Waals surface area contributed by atoms with Crippen molar-refractivity contribution in [2.45, 2.75) is 19.8 Å². The molecule has 1 aliphatic heterocycles. The minimum Gasteiger partial charge on any atom is -0.464 e. The summed E-state index contributed by atoms with van der Waals surface area (Å²) >= 11 is 0. The molecule has 6 heteroatoms. The first kappa shape index (κ1) is 15.9. The Morgan fingerprint density at radius 1 is 1.29 bits per heavy atom. The van der Waals surface area contributed by atoms with Crippen molar-refractivity contribution in [1.82, 2.24) is 4.57 Å². The SMILES string of the molecule is COC(=O)c1c(N)c(C#N)cn1-c1cccc(N2CCCC2)c1C. The van der Waals surface area contributed by atoms with Crippen LogP contribution in [0.3, 0.4) is 0 Å². The van der Waals surface area contributed by atoms with Crippen molar-refractivity contribution in [1.29, 1.82) is 5.26 Å². The molecule has 0 unspecified atom stereocenters. The molecule has 2 heterocycles. The number of methoxy groups -OCH3 is 1. The van der Waals surface area contributed by atoms with E-state index in [9.17, 15) is 10.1 Å². The van der Waals surface area contributed by atoms with E-state index in [0.29, 0.717) is 0 Å². The van der Waals surface area contributed by atoms with E-state index in [1.165, 1.54) is 20.0 Å². The normalized spacial score (nSPS) is 13.8. The summed E-state index contributed by atoms with van der Waals surface area (Å²) in [6.07, 6.45) is 3.97. The second kappa shape index (κ2) is 6.28. The fourth-order valence-corrected chi connectivity index (χ4v) is 3.28. The van der Waals surface area contributed by atoms with Crippen molar-refractivity contribution in [3.8, 4) is 11.8 Å². The van der Waals surface area contributed by atoms with Crippen LogP contribution in [0.25, 0.3) is 5.69 Å². The van der Waals surface area contributed by atoms with Crippen LogP contribution in [0.2, 0.25) is 0 Å². The third kappa shape index (κ3) is 2.48. The fraction of sp³-hybridized carbons (Fsp3) is 0.333. The van der Waals surface area contributed by atoms with E-state index in [2.05, 4.69) is 11.0 Å². The Morgan fingerprint density at radius 3 is 2.58 bits per heavy atom. The monoisotopic (exact) mass is 324 g/mol. The Bertz CT molecular complexity index is 826. The van der Waals surface area contributed by atoms with Crippen LogP contribution >= 0.6 is 0 Å². The van der Waals surface area contributed by atoms with Gasteiger partial charge in [-0.15, -0.1) is 0 Å². The number of rotatable bonds is 3.